The summed E-state index contributed by atoms with van der Waals surface area (Å²) in [6.45, 7) is 0. The fourth-order valence-electron chi connectivity index (χ4n) is 2.14. The van der Waals surface area contributed by atoms with Crippen molar-refractivity contribution in [1.29, 1.82) is 0 Å². The molecule has 3 rings (SSSR count). The second-order valence-corrected chi connectivity index (χ2v) is 4.98. The number of aromatic nitrogens is 3. The van der Waals surface area contributed by atoms with E-state index in [1.165, 1.54) is 30.5 Å². The highest BCUT2D eigenvalue weighted by Crippen LogP contribution is 2.33. The average Bonchev–Trinajstić information content (AvgIpc) is 2.62. The number of non-ortho nitro benzene ring substituents is 1. The Morgan fingerprint density at radius 3 is 2.19 bits per heavy atom. The van der Waals surface area contributed by atoms with Gasteiger partial charge in [0.2, 0.25) is 11.6 Å². The molecular formula is C15H11N7O4. The molecule has 0 amide bonds. The van der Waals surface area contributed by atoms with Gasteiger partial charge >= 0.3 is 5.69 Å². The smallest absolute Gasteiger partial charge is 0.334 e. The second kappa shape index (κ2) is 7.17. The Labute approximate surface area is 146 Å². The molecule has 0 fully saturated rings. The summed E-state index contributed by atoms with van der Waals surface area (Å²) < 4.78 is 0. The normalized spacial score (nSPS) is 10.2. The van der Waals surface area contributed by atoms with Crippen molar-refractivity contribution in [2.24, 2.45) is 0 Å². The lowest BCUT2D eigenvalue weighted by Crippen LogP contribution is -2.05. The van der Waals surface area contributed by atoms with Crippen LogP contribution in [-0.4, -0.2) is 24.8 Å². The SMILES string of the molecule is O=[N+]([O-])c1cccc(Nc2ncnc(Nc3cccnc3)c2[N+](=O)[O-])c1. The first-order valence-electron chi connectivity index (χ1n) is 7.22. The Hall–Kier alpha value is -4.15. The molecule has 3 aromatic rings. The summed E-state index contributed by atoms with van der Waals surface area (Å²) in [4.78, 5) is 32.9. The van der Waals surface area contributed by atoms with Crippen LogP contribution in [0.1, 0.15) is 0 Å². The Balaban J connectivity index is 1.97. The summed E-state index contributed by atoms with van der Waals surface area (Å²) >= 11 is 0. The summed E-state index contributed by atoms with van der Waals surface area (Å²) in [6.07, 6.45) is 4.19. The van der Waals surface area contributed by atoms with E-state index in [0.717, 1.165) is 6.33 Å². The zero-order chi connectivity index (χ0) is 18.5. The number of pyridine rings is 1. The van der Waals surface area contributed by atoms with Crippen LogP contribution >= 0.6 is 0 Å². The van der Waals surface area contributed by atoms with Gasteiger partial charge in [-0.1, -0.05) is 6.07 Å². The lowest BCUT2D eigenvalue weighted by Gasteiger charge is -2.09. The number of benzene rings is 1. The lowest BCUT2D eigenvalue weighted by molar-refractivity contribution is -0.384. The zero-order valence-electron chi connectivity index (χ0n) is 13.1. The minimum Gasteiger partial charge on any atom is -0.334 e. The largest absolute Gasteiger partial charge is 0.353 e. The number of nitro groups is 2. The molecule has 0 aliphatic rings. The van der Waals surface area contributed by atoms with Crippen LogP contribution in [0.5, 0.6) is 0 Å². The molecule has 11 nitrogen and oxygen atoms in total. The third kappa shape index (κ3) is 3.67. The second-order valence-electron chi connectivity index (χ2n) is 4.98. The molecule has 0 saturated carbocycles. The molecule has 0 saturated heterocycles. The van der Waals surface area contributed by atoms with E-state index in [9.17, 15) is 20.2 Å². The van der Waals surface area contributed by atoms with Crippen molar-refractivity contribution in [3.05, 3.63) is 75.3 Å². The van der Waals surface area contributed by atoms with Crippen LogP contribution in [0.25, 0.3) is 0 Å². The van der Waals surface area contributed by atoms with E-state index in [1.807, 2.05) is 0 Å². The molecule has 26 heavy (non-hydrogen) atoms. The molecule has 0 atom stereocenters. The van der Waals surface area contributed by atoms with Crippen LogP contribution in [0.2, 0.25) is 0 Å². The van der Waals surface area contributed by atoms with E-state index >= 15 is 0 Å². The maximum Gasteiger partial charge on any atom is 0.353 e. The van der Waals surface area contributed by atoms with Crippen molar-refractivity contribution >= 4 is 34.4 Å². The van der Waals surface area contributed by atoms with Gasteiger partial charge in [-0.25, -0.2) is 9.97 Å². The molecule has 2 aromatic heterocycles. The predicted molar refractivity (Wildman–Crippen MR) is 92.6 cm³/mol. The summed E-state index contributed by atoms with van der Waals surface area (Å²) in [5, 5.41) is 27.9. The third-order valence-corrected chi connectivity index (χ3v) is 3.25. The number of rotatable bonds is 6. The number of hydrogen-bond acceptors (Lipinski definition) is 9. The first-order chi connectivity index (χ1) is 12.5. The molecule has 0 spiro atoms. The third-order valence-electron chi connectivity index (χ3n) is 3.25. The fourth-order valence-corrected chi connectivity index (χ4v) is 2.14. The van der Waals surface area contributed by atoms with Crippen molar-refractivity contribution in [3.63, 3.8) is 0 Å². The summed E-state index contributed by atoms with van der Waals surface area (Å²) in [5.74, 6) is -0.136. The van der Waals surface area contributed by atoms with Gasteiger partial charge in [0.25, 0.3) is 5.69 Å². The standard InChI is InChI=1S/C15H11N7O4/c23-21(24)12-5-1-3-10(7-12)19-14-13(22(25)26)15(18-9-17-14)20-11-4-2-6-16-8-11/h1-9H,(H2,17,18,19,20). The van der Waals surface area contributed by atoms with Crippen LogP contribution in [0.15, 0.2) is 55.1 Å². The van der Waals surface area contributed by atoms with Gasteiger partial charge in [-0.3, -0.25) is 25.2 Å². The minimum absolute atomic E-state index is 0.0362. The van der Waals surface area contributed by atoms with Crippen molar-refractivity contribution < 1.29 is 9.85 Å². The molecule has 2 heterocycles. The van der Waals surface area contributed by atoms with Crippen LogP contribution in [0.4, 0.5) is 34.4 Å². The molecule has 0 aliphatic heterocycles. The summed E-state index contributed by atoms with van der Waals surface area (Å²) in [7, 11) is 0. The number of nitrogens with one attached hydrogen (secondary N) is 2. The minimum atomic E-state index is -0.640. The van der Waals surface area contributed by atoms with E-state index in [2.05, 4.69) is 25.6 Å². The molecule has 1 aromatic carbocycles. The molecule has 130 valence electrons. The highest BCUT2D eigenvalue weighted by atomic mass is 16.6. The van der Waals surface area contributed by atoms with E-state index < -0.39 is 15.5 Å². The van der Waals surface area contributed by atoms with E-state index in [-0.39, 0.29) is 23.0 Å². The van der Waals surface area contributed by atoms with Crippen LogP contribution in [-0.2, 0) is 0 Å². The first kappa shape index (κ1) is 16.7. The topological polar surface area (TPSA) is 149 Å². The van der Waals surface area contributed by atoms with Crippen LogP contribution in [0, 0.1) is 20.2 Å². The van der Waals surface area contributed by atoms with Gasteiger partial charge in [-0.15, -0.1) is 0 Å². The summed E-state index contributed by atoms with van der Waals surface area (Å²) in [6, 6.07) is 8.90. The highest BCUT2D eigenvalue weighted by Gasteiger charge is 2.23. The first-order valence-corrected chi connectivity index (χ1v) is 7.22. The molecule has 0 unspecified atom stereocenters. The quantitative estimate of drug-likeness (QED) is 0.503. The average molecular weight is 353 g/mol. The van der Waals surface area contributed by atoms with Gasteiger partial charge in [-0.05, 0) is 18.2 Å². The molecule has 11 heteroatoms. The van der Waals surface area contributed by atoms with Gasteiger partial charge in [0.05, 0.1) is 21.7 Å². The molecule has 0 bridgehead atoms. The van der Waals surface area contributed by atoms with Gasteiger partial charge in [0.1, 0.15) is 6.33 Å². The number of hydrogen-bond donors (Lipinski definition) is 2. The molecule has 0 radical (unpaired) electrons. The maximum atomic E-state index is 11.5. The molecule has 0 aliphatic carbocycles. The van der Waals surface area contributed by atoms with Crippen LogP contribution < -0.4 is 10.6 Å². The van der Waals surface area contributed by atoms with E-state index in [1.54, 1.807) is 18.3 Å². The Morgan fingerprint density at radius 1 is 0.885 bits per heavy atom. The maximum absolute atomic E-state index is 11.5. The van der Waals surface area contributed by atoms with Gasteiger partial charge < -0.3 is 10.6 Å². The lowest BCUT2D eigenvalue weighted by atomic mass is 10.2. The van der Waals surface area contributed by atoms with E-state index in [4.69, 9.17) is 0 Å². The van der Waals surface area contributed by atoms with Crippen molar-refractivity contribution in [2.45, 2.75) is 0 Å². The van der Waals surface area contributed by atoms with Gasteiger partial charge in [0.15, 0.2) is 0 Å². The Morgan fingerprint density at radius 2 is 1.58 bits per heavy atom. The number of anilines is 4. The fraction of sp³-hybridized carbons (Fsp3) is 0. The summed E-state index contributed by atoms with van der Waals surface area (Å²) in [5.41, 5.74) is 0.243. The van der Waals surface area contributed by atoms with E-state index in [0.29, 0.717) is 5.69 Å². The van der Waals surface area contributed by atoms with Gasteiger partial charge in [0, 0.05) is 24.0 Å². The molecular weight excluding hydrogens is 342 g/mol. The highest BCUT2D eigenvalue weighted by molar-refractivity contribution is 5.76. The van der Waals surface area contributed by atoms with Crippen molar-refractivity contribution in [2.75, 3.05) is 10.6 Å². The monoisotopic (exact) mass is 353 g/mol. The molecule has 2 N–H and O–H groups in total. The Kier molecular flexibility index (Phi) is 4.60. The number of nitrogens with zero attached hydrogens (tertiary/aromatic N) is 5. The zero-order valence-corrected chi connectivity index (χ0v) is 13.1. The van der Waals surface area contributed by atoms with Gasteiger partial charge in [-0.2, -0.15) is 0 Å². The van der Waals surface area contributed by atoms with Crippen LogP contribution in [0.3, 0.4) is 0 Å². The van der Waals surface area contributed by atoms with Crippen molar-refractivity contribution in [1.82, 2.24) is 15.0 Å². The number of nitro benzene ring substituents is 1. The Bertz CT molecular complexity index is 965. The predicted octanol–water partition coefficient (Wildman–Crippen LogP) is 3.18. The van der Waals surface area contributed by atoms with Crippen molar-refractivity contribution in [3.8, 4) is 0 Å².